The second kappa shape index (κ2) is 6.59. The van der Waals surface area contributed by atoms with Gasteiger partial charge in [-0.2, -0.15) is 0 Å². The van der Waals surface area contributed by atoms with Crippen LogP contribution in [0.15, 0.2) is 42.5 Å². The predicted molar refractivity (Wildman–Crippen MR) is 84.7 cm³/mol. The number of para-hydroxylation sites is 1. The monoisotopic (exact) mass is 288 g/mol. The number of hydrogen-bond acceptors (Lipinski definition) is 3. The molecule has 112 valence electrons. The largest absolute Gasteiger partial charge is 0.454 e. The lowest BCUT2D eigenvalue weighted by molar-refractivity contribution is 0.428. The van der Waals surface area contributed by atoms with E-state index in [-0.39, 0.29) is 17.6 Å². The summed E-state index contributed by atoms with van der Waals surface area (Å²) in [5.41, 5.74) is 1.81. The van der Waals surface area contributed by atoms with E-state index in [1.54, 1.807) is 6.07 Å². The van der Waals surface area contributed by atoms with Gasteiger partial charge >= 0.3 is 0 Å². The molecular weight excluding hydrogens is 267 g/mol. The summed E-state index contributed by atoms with van der Waals surface area (Å²) in [5, 5.41) is 3.11. The molecule has 2 aromatic rings. The molecule has 0 saturated heterocycles. The van der Waals surface area contributed by atoms with E-state index in [0.29, 0.717) is 5.75 Å². The van der Waals surface area contributed by atoms with E-state index in [9.17, 15) is 4.39 Å². The van der Waals surface area contributed by atoms with Gasteiger partial charge in [0, 0.05) is 37.5 Å². The van der Waals surface area contributed by atoms with Gasteiger partial charge in [0.1, 0.15) is 5.75 Å². The molecule has 1 unspecified atom stereocenters. The Labute approximate surface area is 125 Å². The number of benzene rings is 2. The molecule has 0 radical (unpaired) electrons. The number of nitrogens with one attached hydrogen (secondary N) is 1. The standard InChI is InChI=1S/C17H21FN2O/c1-12(19-2)15-9-6-10-16(18)17(15)21-14-8-5-7-13(11-14)20(3)4/h5-12,19H,1-4H3. The molecule has 1 atom stereocenters. The van der Waals surface area contributed by atoms with Gasteiger partial charge in [-0.05, 0) is 32.2 Å². The lowest BCUT2D eigenvalue weighted by atomic mass is 10.1. The fourth-order valence-electron chi connectivity index (χ4n) is 2.07. The van der Waals surface area contributed by atoms with E-state index in [2.05, 4.69) is 5.32 Å². The molecule has 21 heavy (non-hydrogen) atoms. The predicted octanol–water partition coefficient (Wildman–Crippen LogP) is 3.96. The average molecular weight is 288 g/mol. The van der Waals surface area contributed by atoms with Crippen LogP contribution in [0.1, 0.15) is 18.5 Å². The first-order valence-electron chi connectivity index (χ1n) is 6.94. The number of rotatable bonds is 5. The van der Waals surface area contributed by atoms with Crippen LogP contribution < -0.4 is 15.0 Å². The van der Waals surface area contributed by atoms with Gasteiger partial charge in [-0.1, -0.05) is 18.2 Å². The Balaban J connectivity index is 2.37. The molecule has 3 nitrogen and oxygen atoms in total. The summed E-state index contributed by atoms with van der Waals surface area (Å²) in [7, 11) is 5.75. The molecule has 0 saturated carbocycles. The summed E-state index contributed by atoms with van der Waals surface area (Å²) in [4.78, 5) is 1.98. The molecule has 0 aliphatic carbocycles. The van der Waals surface area contributed by atoms with E-state index in [4.69, 9.17) is 4.74 Å². The fourth-order valence-corrected chi connectivity index (χ4v) is 2.07. The van der Waals surface area contributed by atoms with Gasteiger partial charge in [-0.3, -0.25) is 0 Å². The normalized spacial score (nSPS) is 12.0. The summed E-state index contributed by atoms with van der Waals surface area (Å²) in [6.07, 6.45) is 0. The van der Waals surface area contributed by atoms with Crippen molar-refractivity contribution in [3.63, 3.8) is 0 Å². The number of halogens is 1. The molecule has 4 heteroatoms. The molecular formula is C17H21FN2O. The van der Waals surface area contributed by atoms with Gasteiger partial charge in [-0.15, -0.1) is 0 Å². The number of ether oxygens (including phenoxy) is 1. The summed E-state index contributed by atoms with van der Waals surface area (Å²) in [6.45, 7) is 1.97. The highest BCUT2D eigenvalue weighted by atomic mass is 19.1. The van der Waals surface area contributed by atoms with Crippen LogP contribution in [0.4, 0.5) is 10.1 Å². The molecule has 0 aromatic heterocycles. The van der Waals surface area contributed by atoms with Crippen LogP contribution >= 0.6 is 0 Å². The van der Waals surface area contributed by atoms with Crippen molar-refractivity contribution in [1.29, 1.82) is 0 Å². The van der Waals surface area contributed by atoms with Gasteiger partial charge in [0.15, 0.2) is 11.6 Å². The highest BCUT2D eigenvalue weighted by molar-refractivity contribution is 5.51. The smallest absolute Gasteiger partial charge is 0.167 e. The van der Waals surface area contributed by atoms with Gasteiger partial charge in [-0.25, -0.2) is 4.39 Å². The summed E-state index contributed by atoms with van der Waals surface area (Å²) in [5.74, 6) is 0.538. The lowest BCUT2D eigenvalue weighted by Gasteiger charge is -2.18. The van der Waals surface area contributed by atoms with E-state index < -0.39 is 0 Å². The number of anilines is 1. The van der Waals surface area contributed by atoms with Crippen molar-refractivity contribution < 1.29 is 9.13 Å². The highest BCUT2D eigenvalue weighted by Gasteiger charge is 2.15. The summed E-state index contributed by atoms with van der Waals surface area (Å²) in [6, 6.07) is 12.6. The highest BCUT2D eigenvalue weighted by Crippen LogP contribution is 2.33. The van der Waals surface area contributed by atoms with Crippen LogP contribution in [0.5, 0.6) is 11.5 Å². The lowest BCUT2D eigenvalue weighted by Crippen LogP contribution is -2.13. The summed E-state index contributed by atoms with van der Waals surface area (Å²) < 4.78 is 19.9. The minimum absolute atomic E-state index is 0.00716. The first-order valence-corrected chi connectivity index (χ1v) is 6.94. The minimum atomic E-state index is -0.357. The maximum atomic E-state index is 14.1. The van der Waals surface area contributed by atoms with Crippen molar-refractivity contribution in [2.24, 2.45) is 0 Å². The Morgan fingerprint density at radius 2 is 1.86 bits per heavy atom. The second-order valence-corrected chi connectivity index (χ2v) is 5.16. The Hall–Kier alpha value is -2.07. The summed E-state index contributed by atoms with van der Waals surface area (Å²) >= 11 is 0. The SMILES string of the molecule is CNC(C)c1cccc(F)c1Oc1cccc(N(C)C)c1. The Morgan fingerprint density at radius 3 is 2.52 bits per heavy atom. The van der Waals surface area contributed by atoms with Gasteiger partial charge in [0.25, 0.3) is 0 Å². The third kappa shape index (κ3) is 3.52. The van der Waals surface area contributed by atoms with E-state index >= 15 is 0 Å². The van der Waals surface area contributed by atoms with Crippen LogP contribution in [0.25, 0.3) is 0 Å². The fraction of sp³-hybridized carbons (Fsp3) is 0.294. The first kappa shape index (κ1) is 15.3. The maximum absolute atomic E-state index is 14.1. The van der Waals surface area contributed by atoms with Gasteiger partial charge in [0.2, 0.25) is 0 Å². The molecule has 0 aliphatic rings. The van der Waals surface area contributed by atoms with Crippen LogP contribution in [-0.2, 0) is 0 Å². The van der Waals surface area contributed by atoms with Crippen molar-refractivity contribution in [2.45, 2.75) is 13.0 Å². The molecule has 0 aliphatic heterocycles. The van der Waals surface area contributed by atoms with Crippen molar-refractivity contribution >= 4 is 5.69 Å². The Morgan fingerprint density at radius 1 is 1.14 bits per heavy atom. The second-order valence-electron chi connectivity index (χ2n) is 5.16. The van der Waals surface area contributed by atoms with Crippen LogP contribution in [0, 0.1) is 5.82 Å². The molecule has 0 bridgehead atoms. The molecule has 2 rings (SSSR count). The van der Waals surface area contributed by atoms with Crippen molar-refractivity contribution in [3.8, 4) is 11.5 Å². The Kier molecular flexibility index (Phi) is 4.81. The van der Waals surface area contributed by atoms with Gasteiger partial charge in [0.05, 0.1) is 0 Å². The molecule has 1 N–H and O–H groups in total. The van der Waals surface area contributed by atoms with Crippen molar-refractivity contribution in [3.05, 3.63) is 53.8 Å². The number of nitrogens with zero attached hydrogens (tertiary/aromatic N) is 1. The van der Waals surface area contributed by atoms with E-state index in [0.717, 1.165) is 11.3 Å². The average Bonchev–Trinajstić information content (AvgIpc) is 2.48. The molecule has 0 amide bonds. The third-order valence-corrected chi connectivity index (χ3v) is 3.45. The number of hydrogen-bond donors (Lipinski definition) is 1. The van der Waals surface area contributed by atoms with E-state index in [1.165, 1.54) is 6.07 Å². The third-order valence-electron chi connectivity index (χ3n) is 3.45. The van der Waals surface area contributed by atoms with Crippen LogP contribution in [0.2, 0.25) is 0 Å². The zero-order valence-corrected chi connectivity index (χ0v) is 12.9. The maximum Gasteiger partial charge on any atom is 0.167 e. The molecule has 2 aromatic carbocycles. The molecule has 0 fully saturated rings. The zero-order chi connectivity index (χ0) is 15.4. The molecule has 0 heterocycles. The molecule has 0 spiro atoms. The van der Waals surface area contributed by atoms with E-state index in [1.807, 2.05) is 63.3 Å². The zero-order valence-electron chi connectivity index (χ0n) is 12.9. The quantitative estimate of drug-likeness (QED) is 0.901. The van der Waals surface area contributed by atoms with Crippen LogP contribution in [0.3, 0.4) is 0 Å². The van der Waals surface area contributed by atoms with Crippen molar-refractivity contribution in [2.75, 3.05) is 26.0 Å². The topological polar surface area (TPSA) is 24.5 Å². The van der Waals surface area contributed by atoms with Crippen LogP contribution in [-0.4, -0.2) is 21.1 Å². The Bertz CT molecular complexity index is 613. The first-order chi connectivity index (χ1) is 10.0. The minimum Gasteiger partial charge on any atom is -0.454 e. The van der Waals surface area contributed by atoms with Gasteiger partial charge < -0.3 is 15.0 Å². The van der Waals surface area contributed by atoms with Crippen molar-refractivity contribution in [1.82, 2.24) is 5.32 Å².